The standard InChI is InChI=1S/C18H18F3NO2/c1-3-22(4-2)15-9-5-13(6-10-15)17(23)14-7-11-16(12-8-14)24-18(19,20)21/h5-12H,3-4H2,1-2H3. The minimum absolute atomic E-state index is 0.250. The number of ketones is 1. The molecule has 2 rings (SSSR count). The third-order valence-electron chi connectivity index (χ3n) is 3.61. The second-order valence-corrected chi connectivity index (χ2v) is 5.12. The first kappa shape index (κ1) is 17.8. The van der Waals surface area contributed by atoms with E-state index in [1.165, 1.54) is 12.1 Å². The lowest BCUT2D eigenvalue weighted by Crippen LogP contribution is -2.21. The van der Waals surface area contributed by atoms with Crippen LogP contribution in [0.1, 0.15) is 29.8 Å². The lowest BCUT2D eigenvalue weighted by molar-refractivity contribution is -0.274. The number of ether oxygens (including phenoxy) is 1. The maximum Gasteiger partial charge on any atom is 0.573 e. The van der Waals surface area contributed by atoms with Gasteiger partial charge in [-0.3, -0.25) is 4.79 Å². The number of alkyl halides is 3. The number of benzene rings is 2. The van der Waals surface area contributed by atoms with Crippen LogP contribution in [0.25, 0.3) is 0 Å². The zero-order valence-electron chi connectivity index (χ0n) is 13.4. The molecule has 0 bridgehead atoms. The average molecular weight is 337 g/mol. The highest BCUT2D eigenvalue weighted by Gasteiger charge is 2.31. The molecule has 0 aliphatic carbocycles. The van der Waals surface area contributed by atoms with Crippen LogP contribution in [0.2, 0.25) is 0 Å². The van der Waals surface area contributed by atoms with Gasteiger partial charge >= 0.3 is 6.36 Å². The highest BCUT2D eigenvalue weighted by molar-refractivity contribution is 6.09. The lowest BCUT2D eigenvalue weighted by Gasteiger charge is -2.21. The van der Waals surface area contributed by atoms with E-state index in [-0.39, 0.29) is 11.5 Å². The first-order valence-electron chi connectivity index (χ1n) is 7.59. The molecule has 0 heterocycles. The number of rotatable bonds is 6. The van der Waals surface area contributed by atoms with Gasteiger partial charge in [-0.2, -0.15) is 0 Å². The fourth-order valence-electron chi connectivity index (χ4n) is 2.39. The van der Waals surface area contributed by atoms with Crippen LogP contribution >= 0.6 is 0 Å². The Morgan fingerprint density at radius 2 is 1.38 bits per heavy atom. The summed E-state index contributed by atoms with van der Waals surface area (Å²) in [7, 11) is 0. The predicted molar refractivity (Wildman–Crippen MR) is 86.6 cm³/mol. The summed E-state index contributed by atoms with van der Waals surface area (Å²) in [5.41, 5.74) is 1.81. The minimum atomic E-state index is -4.74. The van der Waals surface area contributed by atoms with Gasteiger partial charge < -0.3 is 9.64 Å². The van der Waals surface area contributed by atoms with Gasteiger partial charge in [-0.05, 0) is 62.4 Å². The molecular formula is C18H18F3NO2. The summed E-state index contributed by atoms with van der Waals surface area (Å²) in [6.07, 6.45) is -4.74. The van der Waals surface area contributed by atoms with Crippen molar-refractivity contribution in [1.29, 1.82) is 0 Å². The van der Waals surface area contributed by atoms with Gasteiger partial charge in [-0.1, -0.05) is 0 Å². The van der Waals surface area contributed by atoms with E-state index in [0.29, 0.717) is 11.1 Å². The number of halogens is 3. The minimum Gasteiger partial charge on any atom is -0.406 e. The van der Waals surface area contributed by atoms with Gasteiger partial charge in [-0.25, -0.2) is 0 Å². The first-order valence-corrected chi connectivity index (χ1v) is 7.59. The van der Waals surface area contributed by atoms with Crippen molar-refractivity contribution < 1.29 is 22.7 Å². The maximum absolute atomic E-state index is 12.4. The van der Waals surface area contributed by atoms with Crippen molar-refractivity contribution in [2.24, 2.45) is 0 Å². The van der Waals surface area contributed by atoms with Crippen LogP contribution in [0.5, 0.6) is 5.75 Å². The van der Waals surface area contributed by atoms with Gasteiger partial charge in [0.1, 0.15) is 5.75 Å². The molecule has 6 heteroatoms. The van der Waals surface area contributed by atoms with Crippen LogP contribution in [0, 0.1) is 0 Å². The number of carbonyl (C=O) groups is 1. The number of anilines is 1. The molecule has 0 N–H and O–H groups in total. The van der Waals surface area contributed by atoms with Crippen LogP contribution in [-0.2, 0) is 0 Å². The van der Waals surface area contributed by atoms with Gasteiger partial charge in [0.2, 0.25) is 0 Å². The van der Waals surface area contributed by atoms with E-state index in [0.717, 1.165) is 30.9 Å². The zero-order valence-corrected chi connectivity index (χ0v) is 13.4. The monoisotopic (exact) mass is 337 g/mol. The van der Waals surface area contributed by atoms with Crippen molar-refractivity contribution in [3.63, 3.8) is 0 Å². The smallest absolute Gasteiger partial charge is 0.406 e. The number of nitrogens with zero attached hydrogens (tertiary/aromatic N) is 1. The molecule has 0 amide bonds. The van der Waals surface area contributed by atoms with E-state index in [9.17, 15) is 18.0 Å². The van der Waals surface area contributed by atoms with Crippen molar-refractivity contribution in [2.75, 3.05) is 18.0 Å². The molecule has 0 radical (unpaired) electrons. The fraction of sp³-hybridized carbons (Fsp3) is 0.278. The van der Waals surface area contributed by atoms with Gasteiger partial charge in [0.05, 0.1) is 0 Å². The van der Waals surface area contributed by atoms with Crippen LogP contribution in [0.15, 0.2) is 48.5 Å². The Balaban J connectivity index is 2.14. The molecular weight excluding hydrogens is 319 g/mol. The molecule has 0 fully saturated rings. The maximum atomic E-state index is 12.4. The normalized spacial score (nSPS) is 11.2. The molecule has 3 nitrogen and oxygen atoms in total. The second-order valence-electron chi connectivity index (χ2n) is 5.12. The number of hydrogen-bond acceptors (Lipinski definition) is 3. The molecule has 2 aromatic rings. The lowest BCUT2D eigenvalue weighted by atomic mass is 10.0. The Kier molecular flexibility index (Phi) is 5.49. The van der Waals surface area contributed by atoms with Gasteiger partial charge in [-0.15, -0.1) is 13.2 Å². The zero-order chi connectivity index (χ0) is 17.7. The van der Waals surface area contributed by atoms with Crippen molar-refractivity contribution in [3.8, 4) is 5.75 Å². The van der Waals surface area contributed by atoms with Crippen molar-refractivity contribution in [2.45, 2.75) is 20.2 Å². The summed E-state index contributed by atoms with van der Waals surface area (Å²) in [6, 6.07) is 12.1. The summed E-state index contributed by atoms with van der Waals surface area (Å²) in [4.78, 5) is 14.5. The van der Waals surface area contributed by atoms with Gasteiger partial charge in [0.25, 0.3) is 0 Å². The Bertz CT molecular complexity index is 675. The molecule has 24 heavy (non-hydrogen) atoms. The van der Waals surface area contributed by atoms with Gasteiger partial charge in [0.15, 0.2) is 5.78 Å². The highest BCUT2D eigenvalue weighted by atomic mass is 19.4. The Hall–Kier alpha value is -2.50. The Labute approximate surface area is 138 Å². The Morgan fingerprint density at radius 1 is 0.917 bits per heavy atom. The molecule has 128 valence electrons. The van der Waals surface area contributed by atoms with Crippen LogP contribution < -0.4 is 9.64 Å². The van der Waals surface area contributed by atoms with Crippen LogP contribution in [-0.4, -0.2) is 25.2 Å². The molecule has 0 aromatic heterocycles. The molecule has 0 saturated carbocycles. The summed E-state index contributed by atoms with van der Waals surface area (Å²) < 4.78 is 40.2. The fourth-order valence-corrected chi connectivity index (χ4v) is 2.39. The van der Waals surface area contributed by atoms with E-state index in [1.54, 1.807) is 12.1 Å². The third kappa shape index (κ3) is 4.50. The van der Waals surface area contributed by atoms with Crippen LogP contribution in [0.3, 0.4) is 0 Å². The molecule has 2 aromatic carbocycles. The van der Waals surface area contributed by atoms with E-state index >= 15 is 0 Å². The Morgan fingerprint density at radius 3 is 1.79 bits per heavy atom. The molecule has 0 atom stereocenters. The summed E-state index contributed by atoms with van der Waals surface area (Å²) in [5.74, 6) is -0.601. The summed E-state index contributed by atoms with van der Waals surface area (Å²) in [6.45, 7) is 5.83. The largest absolute Gasteiger partial charge is 0.573 e. The summed E-state index contributed by atoms with van der Waals surface area (Å²) >= 11 is 0. The van der Waals surface area contributed by atoms with Crippen molar-refractivity contribution >= 4 is 11.5 Å². The quantitative estimate of drug-likeness (QED) is 0.718. The van der Waals surface area contributed by atoms with Crippen molar-refractivity contribution in [1.82, 2.24) is 0 Å². The van der Waals surface area contributed by atoms with E-state index in [1.807, 2.05) is 26.0 Å². The SMILES string of the molecule is CCN(CC)c1ccc(C(=O)c2ccc(OC(F)(F)F)cc2)cc1. The van der Waals surface area contributed by atoms with E-state index < -0.39 is 6.36 Å². The topological polar surface area (TPSA) is 29.5 Å². The molecule has 0 saturated heterocycles. The molecule has 0 spiro atoms. The molecule has 0 unspecified atom stereocenters. The first-order chi connectivity index (χ1) is 11.3. The second kappa shape index (κ2) is 7.38. The van der Waals surface area contributed by atoms with Gasteiger partial charge in [0, 0.05) is 29.9 Å². The van der Waals surface area contributed by atoms with Crippen molar-refractivity contribution in [3.05, 3.63) is 59.7 Å². The summed E-state index contributed by atoms with van der Waals surface area (Å²) in [5, 5.41) is 0. The number of hydrogen-bond donors (Lipinski definition) is 0. The van der Waals surface area contributed by atoms with E-state index in [2.05, 4.69) is 9.64 Å². The van der Waals surface area contributed by atoms with Crippen LogP contribution in [0.4, 0.5) is 18.9 Å². The molecule has 0 aliphatic heterocycles. The number of carbonyl (C=O) groups excluding carboxylic acids is 1. The third-order valence-corrected chi connectivity index (χ3v) is 3.61. The highest BCUT2D eigenvalue weighted by Crippen LogP contribution is 2.24. The predicted octanol–water partition coefficient (Wildman–Crippen LogP) is 4.66. The average Bonchev–Trinajstić information content (AvgIpc) is 2.55. The molecule has 0 aliphatic rings. The van der Waals surface area contributed by atoms with E-state index in [4.69, 9.17) is 0 Å².